The maximum Gasteiger partial charge on any atom is 0.161 e. The highest BCUT2D eigenvalue weighted by Gasteiger charge is 2.07. The van der Waals surface area contributed by atoms with Gasteiger partial charge in [0.05, 0.1) is 14.2 Å². The molecule has 96 valence electrons. The number of methoxy groups -OCH3 is 2. The number of benzene rings is 1. The van der Waals surface area contributed by atoms with Gasteiger partial charge in [0.2, 0.25) is 0 Å². The van der Waals surface area contributed by atoms with Gasteiger partial charge in [-0.25, -0.2) is 0 Å². The Kier molecular flexibility index (Phi) is 6.00. The van der Waals surface area contributed by atoms with Crippen LogP contribution in [0.5, 0.6) is 11.5 Å². The lowest BCUT2D eigenvalue weighted by Gasteiger charge is -2.09. The molecule has 0 heterocycles. The van der Waals surface area contributed by atoms with Crippen LogP contribution < -0.4 is 15.2 Å². The van der Waals surface area contributed by atoms with Gasteiger partial charge in [-0.1, -0.05) is 6.07 Å². The minimum absolute atomic E-state index is 0.528. The van der Waals surface area contributed by atoms with Crippen molar-refractivity contribution in [3.05, 3.63) is 23.8 Å². The normalized spacial score (nSPS) is 12.2. The minimum Gasteiger partial charge on any atom is -0.493 e. The van der Waals surface area contributed by atoms with E-state index in [-0.39, 0.29) is 0 Å². The van der Waals surface area contributed by atoms with Crippen molar-refractivity contribution in [3.63, 3.8) is 0 Å². The number of rotatable bonds is 7. The van der Waals surface area contributed by atoms with Gasteiger partial charge in [-0.2, -0.15) is 0 Å². The molecular weight excluding hydrogens is 238 g/mol. The summed E-state index contributed by atoms with van der Waals surface area (Å²) in [6, 6.07) is 5.59. The summed E-state index contributed by atoms with van der Waals surface area (Å²) in [5, 5.41) is 0. The Hall–Kier alpha value is -1.07. The zero-order chi connectivity index (χ0) is 12.7. The van der Waals surface area contributed by atoms with Gasteiger partial charge in [0.25, 0.3) is 0 Å². The standard InChI is InChI=1S/C12H19NO3S/c1-15-11-5-4-10(8-12(11)16-2)9-17(14)7-3-6-13/h4-5,8H,3,6-7,9,13H2,1-2H3. The molecule has 0 saturated heterocycles. The second-order valence-corrected chi connectivity index (χ2v) is 5.20. The fourth-order valence-electron chi connectivity index (χ4n) is 1.47. The Morgan fingerprint density at radius 3 is 2.53 bits per heavy atom. The number of hydrogen-bond acceptors (Lipinski definition) is 4. The molecule has 1 unspecified atom stereocenters. The molecule has 0 bridgehead atoms. The van der Waals surface area contributed by atoms with Crippen molar-refractivity contribution in [2.45, 2.75) is 12.2 Å². The van der Waals surface area contributed by atoms with E-state index in [2.05, 4.69) is 0 Å². The molecule has 0 aliphatic rings. The van der Waals surface area contributed by atoms with Crippen molar-refractivity contribution < 1.29 is 13.7 Å². The predicted octanol–water partition coefficient (Wildman–Crippen LogP) is 1.30. The highest BCUT2D eigenvalue weighted by atomic mass is 32.2. The lowest BCUT2D eigenvalue weighted by molar-refractivity contribution is 0.354. The predicted molar refractivity (Wildman–Crippen MR) is 69.9 cm³/mol. The first-order chi connectivity index (χ1) is 8.21. The maximum atomic E-state index is 11.7. The molecule has 0 spiro atoms. The first-order valence-corrected chi connectivity index (χ1v) is 6.96. The molecule has 0 amide bonds. The highest BCUT2D eigenvalue weighted by molar-refractivity contribution is 7.84. The Morgan fingerprint density at radius 2 is 1.94 bits per heavy atom. The third kappa shape index (κ3) is 4.36. The Labute approximate surface area is 105 Å². The Balaban J connectivity index is 2.68. The Morgan fingerprint density at radius 1 is 1.24 bits per heavy atom. The van der Waals surface area contributed by atoms with Crippen LogP contribution in [-0.2, 0) is 16.6 Å². The molecule has 0 aromatic heterocycles. The average molecular weight is 257 g/mol. The fourth-order valence-corrected chi connectivity index (χ4v) is 2.66. The van der Waals surface area contributed by atoms with Gasteiger partial charge in [-0.05, 0) is 30.7 Å². The van der Waals surface area contributed by atoms with E-state index >= 15 is 0 Å². The quantitative estimate of drug-likeness (QED) is 0.800. The van der Waals surface area contributed by atoms with Crippen molar-refractivity contribution >= 4 is 10.8 Å². The molecular formula is C12H19NO3S. The third-order valence-electron chi connectivity index (χ3n) is 2.35. The van der Waals surface area contributed by atoms with Gasteiger partial charge in [0.15, 0.2) is 11.5 Å². The van der Waals surface area contributed by atoms with Gasteiger partial charge < -0.3 is 15.2 Å². The zero-order valence-electron chi connectivity index (χ0n) is 10.3. The molecule has 0 saturated carbocycles. The molecule has 5 heteroatoms. The van der Waals surface area contributed by atoms with Gasteiger partial charge in [-0.15, -0.1) is 0 Å². The zero-order valence-corrected chi connectivity index (χ0v) is 11.1. The second-order valence-electron chi connectivity index (χ2n) is 3.62. The fraction of sp³-hybridized carbons (Fsp3) is 0.500. The summed E-state index contributed by atoms with van der Waals surface area (Å²) in [7, 11) is 2.32. The molecule has 0 fully saturated rings. The van der Waals surface area contributed by atoms with Gasteiger partial charge in [-0.3, -0.25) is 4.21 Å². The largest absolute Gasteiger partial charge is 0.493 e. The van der Waals surface area contributed by atoms with Crippen LogP contribution in [0.25, 0.3) is 0 Å². The van der Waals surface area contributed by atoms with Crippen LogP contribution in [0, 0.1) is 0 Å². The van der Waals surface area contributed by atoms with Crippen molar-refractivity contribution in [1.29, 1.82) is 0 Å². The first kappa shape index (κ1) is 14.0. The van der Waals surface area contributed by atoms with Crippen LogP contribution in [0.15, 0.2) is 18.2 Å². The minimum atomic E-state index is -0.866. The summed E-state index contributed by atoms with van der Waals surface area (Å²) in [6.07, 6.45) is 0.792. The molecule has 0 aliphatic carbocycles. The van der Waals surface area contributed by atoms with E-state index in [1.165, 1.54) is 0 Å². The maximum absolute atomic E-state index is 11.7. The highest BCUT2D eigenvalue weighted by Crippen LogP contribution is 2.27. The van der Waals surface area contributed by atoms with E-state index in [1.54, 1.807) is 14.2 Å². The van der Waals surface area contributed by atoms with E-state index in [1.807, 2.05) is 18.2 Å². The monoisotopic (exact) mass is 257 g/mol. The third-order valence-corrected chi connectivity index (χ3v) is 3.75. The number of ether oxygens (including phenoxy) is 2. The van der Waals surface area contributed by atoms with Crippen LogP contribution in [-0.4, -0.2) is 30.7 Å². The summed E-state index contributed by atoms with van der Waals surface area (Å²) in [5.74, 6) is 2.52. The molecule has 0 radical (unpaired) electrons. The van der Waals surface area contributed by atoms with Crippen LogP contribution >= 0.6 is 0 Å². The van der Waals surface area contributed by atoms with Crippen molar-refractivity contribution in [2.24, 2.45) is 5.73 Å². The molecule has 1 aromatic rings. The summed E-state index contributed by atoms with van der Waals surface area (Å²) < 4.78 is 22.0. The smallest absolute Gasteiger partial charge is 0.161 e. The van der Waals surface area contributed by atoms with Crippen molar-refractivity contribution in [2.75, 3.05) is 26.5 Å². The van der Waals surface area contributed by atoms with Crippen LogP contribution in [0.1, 0.15) is 12.0 Å². The van der Waals surface area contributed by atoms with E-state index in [0.29, 0.717) is 29.5 Å². The molecule has 2 N–H and O–H groups in total. The lowest BCUT2D eigenvalue weighted by atomic mass is 10.2. The second kappa shape index (κ2) is 7.29. The molecule has 0 aliphatic heterocycles. The van der Waals surface area contributed by atoms with Gasteiger partial charge in [0.1, 0.15) is 0 Å². The topological polar surface area (TPSA) is 61.5 Å². The van der Waals surface area contributed by atoms with Crippen molar-refractivity contribution in [3.8, 4) is 11.5 Å². The summed E-state index contributed by atoms with van der Waals surface area (Å²) in [5.41, 5.74) is 6.37. The van der Waals surface area contributed by atoms with Crippen LogP contribution in [0.3, 0.4) is 0 Å². The Bertz CT molecular complexity index is 382. The molecule has 1 aromatic carbocycles. The summed E-state index contributed by atoms with van der Waals surface area (Å²) >= 11 is 0. The van der Waals surface area contributed by atoms with E-state index in [4.69, 9.17) is 15.2 Å². The van der Waals surface area contributed by atoms with E-state index < -0.39 is 10.8 Å². The van der Waals surface area contributed by atoms with Crippen molar-refractivity contribution in [1.82, 2.24) is 0 Å². The summed E-state index contributed by atoms with van der Waals surface area (Å²) in [4.78, 5) is 0. The summed E-state index contributed by atoms with van der Waals surface area (Å²) in [6.45, 7) is 0.581. The molecule has 1 atom stereocenters. The van der Waals surface area contributed by atoms with Gasteiger partial charge in [0, 0.05) is 22.3 Å². The van der Waals surface area contributed by atoms with Gasteiger partial charge >= 0.3 is 0 Å². The lowest BCUT2D eigenvalue weighted by Crippen LogP contribution is -2.07. The van der Waals surface area contributed by atoms with Crippen LogP contribution in [0.2, 0.25) is 0 Å². The number of hydrogen-bond donors (Lipinski definition) is 1. The number of nitrogens with two attached hydrogens (primary N) is 1. The van der Waals surface area contributed by atoms with E-state index in [0.717, 1.165) is 12.0 Å². The SMILES string of the molecule is COc1ccc(CS(=O)CCCN)cc1OC. The first-order valence-electron chi connectivity index (χ1n) is 5.47. The molecule has 4 nitrogen and oxygen atoms in total. The van der Waals surface area contributed by atoms with Crippen LogP contribution in [0.4, 0.5) is 0 Å². The average Bonchev–Trinajstić information content (AvgIpc) is 2.36. The molecule has 1 rings (SSSR count). The molecule has 17 heavy (non-hydrogen) atoms. The van der Waals surface area contributed by atoms with E-state index in [9.17, 15) is 4.21 Å².